The molecule has 3 rings (SSSR count). The number of hydrogen-bond acceptors (Lipinski definition) is 5. The quantitative estimate of drug-likeness (QED) is 0.616. The first kappa shape index (κ1) is 18.7. The van der Waals surface area contributed by atoms with Crippen LogP contribution in [0.4, 0.5) is 22.7 Å². The van der Waals surface area contributed by atoms with Crippen LogP contribution in [0.5, 0.6) is 0 Å². The normalized spacial score (nSPS) is 16.1. The number of hydrogen-bond donors (Lipinski definition) is 2. The lowest BCUT2D eigenvalue weighted by molar-refractivity contribution is -0.384. The molecule has 0 spiro atoms. The summed E-state index contributed by atoms with van der Waals surface area (Å²) in [6.07, 6.45) is 0.173. The van der Waals surface area contributed by atoms with Crippen LogP contribution in [0, 0.1) is 10.1 Å². The highest BCUT2D eigenvalue weighted by Gasteiger charge is 2.29. The Labute approximate surface area is 160 Å². The fourth-order valence-corrected chi connectivity index (χ4v) is 3.18. The molecule has 0 aliphatic carbocycles. The van der Waals surface area contributed by atoms with Crippen molar-refractivity contribution in [3.8, 4) is 0 Å². The molecule has 8 nitrogen and oxygen atoms in total. The van der Waals surface area contributed by atoms with Crippen molar-refractivity contribution in [2.45, 2.75) is 19.4 Å². The van der Waals surface area contributed by atoms with Gasteiger partial charge in [0.2, 0.25) is 11.8 Å². The number of amides is 2. The van der Waals surface area contributed by atoms with E-state index in [-0.39, 0.29) is 41.5 Å². The molecule has 2 aromatic rings. The zero-order valence-corrected chi connectivity index (χ0v) is 15.2. The summed E-state index contributed by atoms with van der Waals surface area (Å²) in [5, 5.41) is 16.7. The summed E-state index contributed by atoms with van der Waals surface area (Å²) in [6, 6.07) is 11.0. The smallest absolute Gasteiger partial charge is 0.289 e. The van der Waals surface area contributed by atoms with Crippen LogP contribution in [0.3, 0.4) is 0 Å². The number of halogens is 1. The zero-order valence-electron chi connectivity index (χ0n) is 14.4. The van der Waals surface area contributed by atoms with Gasteiger partial charge in [0.25, 0.3) is 5.69 Å². The van der Waals surface area contributed by atoms with Gasteiger partial charge in [-0.3, -0.25) is 19.7 Å². The fourth-order valence-electron chi connectivity index (χ4n) is 2.99. The first-order chi connectivity index (χ1) is 12.9. The molecule has 140 valence electrons. The van der Waals surface area contributed by atoms with E-state index >= 15 is 0 Å². The first-order valence-corrected chi connectivity index (χ1v) is 8.63. The van der Waals surface area contributed by atoms with Crippen molar-refractivity contribution in [2.24, 2.45) is 0 Å². The van der Waals surface area contributed by atoms with E-state index in [1.54, 1.807) is 42.2 Å². The molecular formula is C18H17ClN4O4. The van der Waals surface area contributed by atoms with E-state index in [0.717, 1.165) is 0 Å². The molecule has 0 bridgehead atoms. The predicted molar refractivity (Wildman–Crippen MR) is 103 cm³/mol. The lowest BCUT2D eigenvalue weighted by Crippen LogP contribution is -2.42. The molecule has 1 unspecified atom stereocenters. The Bertz CT molecular complexity index is 918. The van der Waals surface area contributed by atoms with Crippen LogP contribution in [0.25, 0.3) is 0 Å². The molecule has 1 aliphatic rings. The summed E-state index contributed by atoms with van der Waals surface area (Å²) in [5.74, 6) is -0.421. The minimum absolute atomic E-state index is 0.0246. The molecule has 0 aromatic heterocycles. The average molecular weight is 389 g/mol. The van der Waals surface area contributed by atoms with Crippen molar-refractivity contribution in [1.29, 1.82) is 0 Å². The van der Waals surface area contributed by atoms with Gasteiger partial charge in [0.1, 0.15) is 5.02 Å². The number of rotatable bonds is 4. The Morgan fingerprint density at radius 2 is 2.11 bits per heavy atom. The van der Waals surface area contributed by atoms with Crippen LogP contribution < -0.4 is 15.5 Å². The first-order valence-electron chi connectivity index (χ1n) is 8.25. The number of carbonyl (C=O) groups is 2. The number of nitro groups is 1. The number of nitrogens with one attached hydrogen (secondary N) is 2. The molecule has 1 aliphatic heterocycles. The van der Waals surface area contributed by atoms with E-state index in [1.807, 2.05) is 0 Å². The summed E-state index contributed by atoms with van der Waals surface area (Å²) in [5.41, 5.74) is 1.36. The monoisotopic (exact) mass is 388 g/mol. The molecule has 2 amide bonds. The van der Waals surface area contributed by atoms with E-state index in [9.17, 15) is 19.7 Å². The van der Waals surface area contributed by atoms with Crippen LogP contribution >= 0.6 is 11.6 Å². The zero-order chi connectivity index (χ0) is 19.6. The molecule has 0 fully saturated rings. The summed E-state index contributed by atoms with van der Waals surface area (Å²) in [6.45, 7) is 1.71. The van der Waals surface area contributed by atoms with Gasteiger partial charge < -0.3 is 15.5 Å². The van der Waals surface area contributed by atoms with Gasteiger partial charge in [-0.1, -0.05) is 23.7 Å². The van der Waals surface area contributed by atoms with Crippen LogP contribution in [0.1, 0.15) is 13.3 Å². The predicted octanol–water partition coefficient (Wildman–Crippen LogP) is 3.42. The van der Waals surface area contributed by atoms with E-state index in [4.69, 9.17) is 11.6 Å². The van der Waals surface area contributed by atoms with Gasteiger partial charge in [0.15, 0.2) is 0 Å². The summed E-state index contributed by atoms with van der Waals surface area (Å²) < 4.78 is 0. The van der Waals surface area contributed by atoms with Crippen molar-refractivity contribution >= 4 is 46.2 Å². The summed E-state index contributed by atoms with van der Waals surface area (Å²) >= 11 is 5.80. The molecule has 0 saturated carbocycles. The van der Waals surface area contributed by atoms with Gasteiger partial charge in [-0.15, -0.1) is 0 Å². The highest BCUT2D eigenvalue weighted by Crippen LogP contribution is 2.31. The molecule has 0 saturated heterocycles. The minimum Gasteiger partial charge on any atom is -0.376 e. The molecule has 1 heterocycles. The fraction of sp³-hybridized carbons (Fsp3) is 0.222. The van der Waals surface area contributed by atoms with Crippen LogP contribution in [0.2, 0.25) is 5.02 Å². The molecule has 2 N–H and O–H groups in total. The second-order valence-electron chi connectivity index (χ2n) is 6.16. The molecule has 1 atom stereocenters. The number of para-hydroxylation sites is 2. The third kappa shape index (κ3) is 4.01. The topological polar surface area (TPSA) is 105 Å². The van der Waals surface area contributed by atoms with Crippen molar-refractivity contribution in [3.63, 3.8) is 0 Å². The third-order valence-corrected chi connectivity index (χ3v) is 4.53. The number of nitro benzene ring substituents is 1. The average Bonchev–Trinajstić information content (AvgIpc) is 2.74. The van der Waals surface area contributed by atoms with Gasteiger partial charge in [-0.25, -0.2) is 0 Å². The highest BCUT2D eigenvalue weighted by atomic mass is 35.5. The standard InChI is InChI=1S/C18H17ClN4O4/c1-11-8-17(24)21-14-4-2-3-5-15(14)22(11)18(25)10-20-12-6-7-13(19)16(9-12)23(26)27/h2-7,9,11,20H,8,10H2,1H3,(H,21,24). The lowest BCUT2D eigenvalue weighted by atomic mass is 10.1. The molecule has 27 heavy (non-hydrogen) atoms. The van der Waals surface area contributed by atoms with E-state index in [2.05, 4.69) is 10.6 Å². The van der Waals surface area contributed by atoms with Gasteiger partial charge in [0.05, 0.1) is 22.8 Å². The third-order valence-electron chi connectivity index (χ3n) is 4.21. The lowest BCUT2D eigenvalue weighted by Gasteiger charge is -2.28. The SMILES string of the molecule is CC1CC(=O)Nc2ccccc2N1C(=O)CNc1ccc(Cl)c([N+](=O)[O-])c1. The minimum atomic E-state index is -0.584. The number of nitrogens with zero attached hydrogens (tertiary/aromatic N) is 2. The Hall–Kier alpha value is -3.13. The van der Waals surface area contributed by atoms with Gasteiger partial charge in [-0.05, 0) is 31.2 Å². The van der Waals surface area contributed by atoms with Crippen LogP contribution in [-0.2, 0) is 9.59 Å². The van der Waals surface area contributed by atoms with Gasteiger partial charge in [0, 0.05) is 24.2 Å². The number of fused-ring (bicyclic) bond motifs is 1. The molecule has 0 radical (unpaired) electrons. The van der Waals surface area contributed by atoms with Crippen molar-refractivity contribution in [1.82, 2.24) is 0 Å². The van der Waals surface area contributed by atoms with Crippen molar-refractivity contribution in [2.75, 3.05) is 22.1 Å². The van der Waals surface area contributed by atoms with E-state index < -0.39 is 4.92 Å². The van der Waals surface area contributed by atoms with Crippen molar-refractivity contribution < 1.29 is 14.5 Å². The molecule has 9 heteroatoms. The van der Waals surface area contributed by atoms with Gasteiger partial charge in [-0.2, -0.15) is 0 Å². The molecular weight excluding hydrogens is 372 g/mol. The Morgan fingerprint density at radius 3 is 2.85 bits per heavy atom. The number of benzene rings is 2. The van der Waals surface area contributed by atoms with Gasteiger partial charge >= 0.3 is 0 Å². The van der Waals surface area contributed by atoms with E-state index in [0.29, 0.717) is 17.1 Å². The number of anilines is 3. The van der Waals surface area contributed by atoms with E-state index in [1.165, 1.54) is 12.1 Å². The summed E-state index contributed by atoms with van der Waals surface area (Å²) in [7, 11) is 0. The Kier molecular flexibility index (Phi) is 5.27. The maximum Gasteiger partial charge on any atom is 0.289 e. The second kappa shape index (κ2) is 7.63. The van der Waals surface area contributed by atoms with Crippen molar-refractivity contribution in [3.05, 3.63) is 57.6 Å². The largest absolute Gasteiger partial charge is 0.376 e. The van der Waals surface area contributed by atoms with Crippen LogP contribution in [-0.4, -0.2) is 29.3 Å². The maximum absolute atomic E-state index is 12.9. The Balaban J connectivity index is 1.80. The summed E-state index contributed by atoms with van der Waals surface area (Å²) in [4.78, 5) is 36.8. The molecule has 2 aromatic carbocycles. The number of carbonyl (C=O) groups excluding carboxylic acids is 2. The second-order valence-corrected chi connectivity index (χ2v) is 6.57. The van der Waals surface area contributed by atoms with Crippen LogP contribution in [0.15, 0.2) is 42.5 Å². The highest BCUT2D eigenvalue weighted by molar-refractivity contribution is 6.32. The Morgan fingerprint density at radius 1 is 1.37 bits per heavy atom. The maximum atomic E-state index is 12.9.